The van der Waals surface area contributed by atoms with Gasteiger partial charge < -0.3 is 14.8 Å². The molecule has 1 aliphatic rings. The molecule has 0 aromatic carbocycles. The highest BCUT2D eigenvalue weighted by Crippen LogP contribution is 2.07. The van der Waals surface area contributed by atoms with E-state index in [-0.39, 0.29) is 17.0 Å². The van der Waals surface area contributed by atoms with Crippen LogP contribution in [0.4, 0.5) is 0 Å². The molecular weight excluding hydrogens is 238 g/mol. The highest BCUT2D eigenvalue weighted by molar-refractivity contribution is 7.94. The highest BCUT2D eigenvalue weighted by atomic mass is 32.2. The molecule has 0 fully saturated rings. The van der Waals surface area contributed by atoms with E-state index in [1.54, 1.807) is 13.2 Å². The van der Waals surface area contributed by atoms with Crippen molar-refractivity contribution in [1.29, 1.82) is 0 Å². The SMILES string of the molecule is COCCOC(=S)N[C@@H]1C=CS(=O)(=O)C1. The van der Waals surface area contributed by atoms with Crippen molar-refractivity contribution < 1.29 is 17.9 Å². The average Bonchev–Trinajstić information content (AvgIpc) is 2.46. The van der Waals surface area contributed by atoms with Gasteiger partial charge in [-0.3, -0.25) is 0 Å². The van der Waals surface area contributed by atoms with Crippen molar-refractivity contribution in [2.24, 2.45) is 0 Å². The van der Waals surface area contributed by atoms with Gasteiger partial charge in [0.25, 0.3) is 5.17 Å². The molecule has 5 nitrogen and oxygen atoms in total. The largest absolute Gasteiger partial charge is 0.469 e. The summed E-state index contributed by atoms with van der Waals surface area (Å²) in [5.41, 5.74) is 0. The molecule has 0 saturated heterocycles. The molecule has 7 heteroatoms. The second kappa shape index (κ2) is 5.43. The maximum Gasteiger partial charge on any atom is 0.257 e. The zero-order valence-corrected chi connectivity index (χ0v) is 9.94. The Bertz CT molecular complexity index is 350. The van der Waals surface area contributed by atoms with Gasteiger partial charge in [-0.05, 0) is 18.3 Å². The summed E-state index contributed by atoms with van der Waals surface area (Å²) in [6.45, 7) is 0.798. The van der Waals surface area contributed by atoms with Gasteiger partial charge in [-0.1, -0.05) is 0 Å². The first kappa shape index (κ1) is 12.4. The predicted octanol–water partition coefficient (Wildman–Crippen LogP) is -0.165. The van der Waals surface area contributed by atoms with Crippen LogP contribution in [0.3, 0.4) is 0 Å². The van der Waals surface area contributed by atoms with Gasteiger partial charge in [0, 0.05) is 12.5 Å². The van der Waals surface area contributed by atoms with Crippen molar-refractivity contribution in [2.75, 3.05) is 26.1 Å². The minimum Gasteiger partial charge on any atom is -0.469 e. The van der Waals surface area contributed by atoms with Gasteiger partial charge in [0.15, 0.2) is 9.84 Å². The maximum atomic E-state index is 11.1. The lowest BCUT2D eigenvalue weighted by Crippen LogP contribution is -2.36. The van der Waals surface area contributed by atoms with Gasteiger partial charge in [-0.25, -0.2) is 8.42 Å². The lowest BCUT2D eigenvalue weighted by Gasteiger charge is -2.12. The van der Waals surface area contributed by atoms with Crippen LogP contribution < -0.4 is 5.32 Å². The molecule has 0 aliphatic carbocycles. The summed E-state index contributed by atoms with van der Waals surface area (Å²) < 4.78 is 32.0. The van der Waals surface area contributed by atoms with Gasteiger partial charge >= 0.3 is 0 Å². The smallest absolute Gasteiger partial charge is 0.257 e. The standard InChI is InChI=1S/C8H13NO4S2/c1-12-3-4-13-8(14)9-7-2-5-15(10,11)6-7/h2,5,7H,3-4,6H2,1H3,(H,9,14)/t7-/m1/s1. The zero-order valence-electron chi connectivity index (χ0n) is 8.30. The molecule has 1 N–H and O–H groups in total. The van der Waals surface area contributed by atoms with Crippen LogP contribution in [0.25, 0.3) is 0 Å². The van der Waals surface area contributed by atoms with Crippen LogP contribution in [0.2, 0.25) is 0 Å². The average molecular weight is 251 g/mol. The van der Waals surface area contributed by atoms with E-state index < -0.39 is 9.84 Å². The van der Waals surface area contributed by atoms with E-state index in [4.69, 9.17) is 21.7 Å². The number of hydrogen-bond acceptors (Lipinski definition) is 5. The number of hydrogen-bond donors (Lipinski definition) is 1. The molecule has 1 heterocycles. The molecule has 0 unspecified atom stereocenters. The number of sulfone groups is 1. The minimum atomic E-state index is -3.05. The molecule has 1 rings (SSSR count). The number of ether oxygens (including phenoxy) is 2. The fourth-order valence-corrected chi connectivity index (χ4v) is 2.55. The van der Waals surface area contributed by atoms with Gasteiger partial charge in [0.1, 0.15) is 6.61 Å². The monoisotopic (exact) mass is 251 g/mol. The first-order valence-electron chi connectivity index (χ1n) is 4.37. The van der Waals surface area contributed by atoms with Gasteiger partial charge in [0.2, 0.25) is 0 Å². The molecule has 0 saturated carbocycles. The number of thiocarbonyl (C=S) groups is 1. The summed E-state index contributed by atoms with van der Waals surface area (Å²) >= 11 is 4.86. The Balaban J connectivity index is 2.26. The first-order valence-corrected chi connectivity index (χ1v) is 6.49. The van der Waals surface area contributed by atoms with Crippen LogP contribution in [0.5, 0.6) is 0 Å². The summed E-state index contributed by atoms with van der Waals surface area (Å²) in [6.07, 6.45) is 1.56. The summed E-state index contributed by atoms with van der Waals surface area (Å²) in [4.78, 5) is 0. The molecule has 0 bridgehead atoms. The fraction of sp³-hybridized carbons (Fsp3) is 0.625. The quantitative estimate of drug-likeness (QED) is 0.553. The Morgan fingerprint density at radius 1 is 1.60 bits per heavy atom. The van der Waals surface area contributed by atoms with Crippen LogP contribution in [0.15, 0.2) is 11.5 Å². The Morgan fingerprint density at radius 2 is 2.33 bits per heavy atom. The van der Waals surface area contributed by atoms with Crippen LogP contribution in [-0.2, 0) is 19.3 Å². The Labute approximate surface area is 94.4 Å². The molecule has 0 amide bonds. The Kier molecular flexibility index (Phi) is 4.49. The predicted molar refractivity (Wildman–Crippen MR) is 60.3 cm³/mol. The van der Waals surface area contributed by atoms with Crippen LogP contribution in [-0.4, -0.2) is 45.7 Å². The van der Waals surface area contributed by atoms with Crippen molar-refractivity contribution in [3.05, 3.63) is 11.5 Å². The van der Waals surface area contributed by atoms with E-state index in [1.165, 1.54) is 5.41 Å². The van der Waals surface area contributed by atoms with Gasteiger partial charge in [0.05, 0.1) is 18.4 Å². The van der Waals surface area contributed by atoms with E-state index in [0.717, 1.165) is 0 Å². The third-order valence-corrected chi connectivity index (χ3v) is 3.39. The zero-order chi connectivity index (χ0) is 11.3. The van der Waals surface area contributed by atoms with Crippen LogP contribution >= 0.6 is 12.2 Å². The fourth-order valence-electron chi connectivity index (χ4n) is 1.08. The molecule has 0 aromatic heterocycles. The Morgan fingerprint density at radius 3 is 2.87 bits per heavy atom. The Hall–Kier alpha value is -0.660. The molecule has 86 valence electrons. The van der Waals surface area contributed by atoms with Crippen molar-refractivity contribution in [1.82, 2.24) is 5.32 Å². The van der Waals surface area contributed by atoms with E-state index in [0.29, 0.717) is 13.2 Å². The van der Waals surface area contributed by atoms with Gasteiger partial charge in [-0.2, -0.15) is 0 Å². The van der Waals surface area contributed by atoms with Crippen LogP contribution in [0, 0.1) is 0 Å². The molecule has 15 heavy (non-hydrogen) atoms. The summed E-state index contributed by atoms with van der Waals surface area (Å²) in [7, 11) is -1.49. The summed E-state index contributed by atoms with van der Waals surface area (Å²) in [5.74, 6) is 0.0285. The third kappa shape index (κ3) is 4.59. The number of nitrogens with one attached hydrogen (secondary N) is 1. The second-order valence-corrected chi connectivity index (χ2v) is 5.34. The molecular formula is C8H13NO4S2. The molecule has 1 atom stereocenters. The molecule has 1 aliphatic heterocycles. The second-order valence-electron chi connectivity index (χ2n) is 3.04. The van der Waals surface area contributed by atoms with Crippen molar-refractivity contribution >= 4 is 27.2 Å². The third-order valence-electron chi connectivity index (χ3n) is 1.75. The lowest BCUT2D eigenvalue weighted by atomic mass is 10.3. The van der Waals surface area contributed by atoms with Crippen molar-refractivity contribution in [2.45, 2.75) is 6.04 Å². The summed E-state index contributed by atoms with van der Waals surface area (Å²) in [6, 6.07) is -0.287. The van der Waals surface area contributed by atoms with E-state index in [9.17, 15) is 8.42 Å². The number of methoxy groups -OCH3 is 1. The highest BCUT2D eigenvalue weighted by Gasteiger charge is 2.22. The van der Waals surface area contributed by atoms with Crippen LogP contribution in [0.1, 0.15) is 0 Å². The first-order chi connectivity index (χ1) is 7.03. The maximum absolute atomic E-state index is 11.1. The van der Waals surface area contributed by atoms with E-state index in [1.807, 2.05) is 0 Å². The molecule has 0 radical (unpaired) electrons. The van der Waals surface area contributed by atoms with Crippen molar-refractivity contribution in [3.8, 4) is 0 Å². The van der Waals surface area contributed by atoms with Gasteiger partial charge in [-0.15, -0.1) is 0 Å². The van der Waals surface area contributed by atoms with E-state index in [2.05, 4.69) is 5.32 Å². The number of rotatable bonds is 4. The molecule has 0 aromatic rings. The lowest BCUT2D eigenvalue weighted by molar-refractivity contribution is 0.140. The normalized spacial score (nSPS) is 22.6. The minimum absolute atomic E-state index is 0.0285. The summed E-state index contributed by atoms with van der Waals surface area (Å²) in [5, 5.41) is 4.16. The molecule has 0 spiro atoms. The topological polar surface area (TPSA) is 64.6 Å². The van der Waals surface area contributed by atoms with E-state index >= 15 is 0 Å². The van der Waals surface area contributed by atoms with Crippen molar-refractivity contribution in [3.63, 3.8) is 0 Å².